The number of rotatable bonds is 8. The summed E-state index contributed by atoms with van der Waals surface area (Å²) in [5.74, 6) is 4.66. The molecule has 0 radical (unpaired) electrons. The minimum absolute atomic E-state index is 0.0116. The normalized spacial score (nSPS) is 24.3. The summed E-state index contributed by atoms with van der Waals surface area (Å²) in [6.07, 6.45) is -0.302. The summed E-state index contributed by atoms with van der Waals surface area (Å²) < 4.78 is 1.66. The van der Waals surface area contributed by atoms with Crippen LogP contribution in [-0.4, -0.2) is 66.0 Å². The number of benzene rings is 1. The highest BCUT2D eigenvalue weighted by molar-refractivity contribution is 6.30. The minimum Gasteiger partial charge on any atom is -0.481 e. The highest BCUT2D eigenvalue weighted by Gasteiger charge is 2.60. The molecule has 39 heavy (non-hydrogen) atoms. The van der Waals surface area contributed by atoms with Gasteiger partial charge in [0, 0.05) is 31.5 Å². The van der Waals surface area contributed by atoms with Crippen molar-refractivity contribution in [2.45, 2.75) is 57.9 Å². The Morgan fingerprint density at radius 3 is 2.72 bits per heavy atom. The predicted molar refractivity (Wildman–Crippen MR) is 145 cm³/mol. The van der Waals surface area contributed by atoms with Gasteiger partial charge in [-0.3, -0.25) is 9.59 Å². The Labute approximate surface area is 230 Å². The van der Waals surface area contributed by atoms with E-state index in [2.05, 4.69) is 37.4 Å². The van der Waals surface area contributed by atoms with Gasteiger partial charge in [0.1, 0.15) is 6.10 Å². The molecule has 0 aliphatic heterocycles. The van der Waals surface area contributed by atoms with Crippen molar-refractivity contribution in [3.05, 3.63) is 47.0 Å². The van der Waals surface area contributed by atoms with Crippen molar-refractivity contribution in [2.75, 3.05) is 12.4 Å². The average Bonchev–Trinajstić information content (AvgIpc) is 3.39. The van der Waals surface area contributed by atoms with E-state index in [0.717, 1.165) is 5.56 Å². The molecule has 0 spiro atoms. The molecule has 1 fully saturated rings. The molecule has 1 aliphatic rings. The number of nitrogens with zero attached hydrogens (tertiary/aromatic N) is 4. The fraction of sp³-hybridized carbons (Fsp3) is 0.444. The van der Waals surface area contributed by atoms with Crippen molar-refractivity contribution in [3.63, 3.8) is 0 Å². The quantitative estimate of drug-likeness (QED) is 0.208. The molecule has 1 aromatic carbocycles. The molecule has 0 saturated heterocycles. The second-order valence-electron chi connectivity index (χ2n) is 9.83. The summed E-state index contributed by atoms with van der Waals surface area (Å²) in [7, 11) is 1.49. The summed E-state index contributed by atoms with van der Waals surface area (Å²) in [6, 6.07) is 6.65. The van der Waals surface area contributed by atoms with Crippen molar-refractivity contribution in [1.29, 1.82) is 0 Å². The zero-order valence-corrected chi connectivity index (χ0v) is 22.6. The first-order chi connectivity index (χ1) is 18.6. The van der Waals surface area contributed by atoms with E-state index in [1.165, 1.54) is 13.4 Å². The third kappa shape index (κ3) is 5.54. The number of carboxylic acid groups (broad SMARTS) is 1. The Morgan fingerprint density at radius 1 is 1.26 bits per heavy atom. The van der Waals surface area contributed by atoms with Gasteiger partial charge in [-0.25, -0.2) is 15.0 Å². The largest absolute Gasteiger partial charge is 0.481 e. The van der Waals surface area contributed by atoms with Gasteiger partial charge in [-0.15, -0.1) is 0 Å². The van der Waals surface area contributed by atoms with Gasteiger partial charge < -0.3 is 30.5 Å². The molecule has 4 rings (SSSR count). The second kappa shape index (κ2) is 11.6. The number of nitrogens with one attached hydrogen (secondary N) is 2. The molecule has 11 nitrogen and oxygen atoms in total. The highest BCUT2D eigenvalue weighted by Crippen LogP contribution is 2.50. The number of imidazole rings is 1. The van der Waals surface area contributed by atoms with Crippen LogP contribution in [0.25, 0.3) is 11.2 Å². The molecule has 1 saturated carbocycles. The van der Waals surface area contributed by atoms with E-state index >= 15 is 0 Å². The molecular formula is C27H31ClN6O5. The number of aliphatic hydroxyl groups excluding tert-OH is 2. The zero-order valence-electron chi connectivity index (χ0n) is 21.8. The van der Waals surface area contributed by atoms with E-state index in [1.807, 2.05) is 18.2 Å². The van der Waals surface area contributed by atoms with E-state index in [-0.39, 0.29) is 18.2 Å². The fourth-order valence-corrected chi connectivity index (χ4v) is 5.31. The molecule has 12 heteroatoms. The van der Waals surface area contributed by atoms with Gasteiger partial charge >= 0.3 is 5.97 Å². The predicted octanol–water partition coefficient (Wildman–Crippen LogP) is 2.36. The number of carbonyl (C=O) groups excluding carboxylic acids is 1. The monoisotopic (exact) mass is 554 g/mol. The fourth-order valence-electron chi connectivity index (χ4n) is 5.09. The lowest BCUT2D eigenvalue weighted by molar-refractivity contribution is -0.139. The Kier molecular flexibility index (Phi) is 8.39. The van der Waals surface area contributed by atoms with Gasteiger partial charge in [-0.2, -0.15) is 0 Å². The average molecular weight is 555 g/mol. The van der Waals surface area contributed by atoms with Crippen LogP contribution in [0.2, 0.25) is 5.02 Å². The highest BCUT2D eigenvalue weighted by atomic mass is 35.5. The van der Waals surface area contributed by atoms with Crippen LogP contribution in [0.5, 0.6) is 0 Å². The minimum atomic E-state index is -1.31. The van der Waals surface area contributed by atoms with E-state index in [9.17, 15) is 19.8 Å². The number of carboxylic acids is 1. The van der Waals surface area contributed by atoms with Crippen molar-refractivity contribution < 1.29 is 24.9 Å². The lowest BCUT2D eigenvalue weighted by Gasteiger charge is -2.31. The smallest absolute Gasteiger partial charge is 0.303 e. The first-order valence-corrected chi connectivity index (χ1v) is 13.0. The van der Waals surface area contributed by atoms with Gasteiger partial charge in [0.05, 0.1) is 23.9 Å². The van der Waals surface area contributed by atoms with Crippen LogP contribution in [0.15, 0.2) is 30.6 Å². The molecule has 3 unspecified atom stereocenters. The summed E-state index contributed by atoms with van der Waals surface area (Å²) in [6.45, 7) is 3.82. The van der Waals surface area contributed by atoms with Crippen LogP contribution in [0.3, 0.4) is 0 Å². The number of unbranched alkanes of at least 4 members (excludes halogenated alkanes) is 1. The number of halogens is 1. The van der Waals surface area contributed by atoms with Crippen LogP contribution < -0.4 is 10.6 Å². The van der Waals surface area contributed by atoms with Gasteiger partial charge in [0.2, 0.25) is 11.7 Å². The van der Waals surface area contributed by atoms with E-state index in [1.54, 1.807) is 24.5 Å². The molecule has 0 bridgehead atoms. The Hall–Kier alpha value is -3.72. The molecule has 1 aliphatic carbocycles. The molecule has 2 heterocycles. The second-order valence-corrected chi connectivity index (χ2v) is 10.3. The maximum atomic E-state index is 12.7. The summed E-state index contributed by atoms with van der Waals surface area (Å²) in [4.78, 5) is 37.2. The number of anilines is 1. The van der Waals surface area contributed by atoms with Crippen molar-refractivity contribution >= 4 is 40.5 Å². The van der Waals surface area contributed by atoms with Gasteiger partial charge in [-0.05, 0) is 42.9 Å². The summed E-state index contributed by atoms with van der Waals surface area (Å²) >= 11 is 6.12. The summed E-state index contributed by atoms with van der Waals surface area (Å²) in [5.41, 5.74) is 0.468. The molecule has 2 aromatic heterocycles. The number of fused-ring (bicyclic) bond motifs is 1. The van der Waals surface area contributed by atoms with Gasteiger partial charge in [-0.1, -0.05) is 36.6 Å². The standard InChI is InChI=1S/C27H31ClN6O5/c1-15-21(22(37)23(38)27(15,2)26(39)29-3)34-14-31-20-24(30-13-16-8-7-9-17(28)12-16)32-18(33-25(20)34)10-5-4-6-11-19(35)36/h7-9,12,14-15,21-23,37-38H,4,6,11,13H2,1-3H3,(H,29,39)(H,35,36)(H,30,32,33)/t15?,21-,22?,23?,27+/m1/s1. The van der Waals surface area contributed by atoms with Crippen LogP contribution in [0.1, 0.15) is 50.5 Å². The van der Waals surface area contributed by atoms with Crippen LogP contribution >= 0.6 is 11.6 Å². The molecule has 3 aromatic rings. The topological polar surface area (TPSA) is 162 Å². The van der Waals surface area contributed by atoms with Gasteiger partial charge in [0.25, 0.3) is 0 Å². The van der Waals surface area contributed by atoms with Crippen LogP contribution in [0.4, 0.5) is 5.82 Å². The molecule has 1 amide bonds. The lowest BCUT2D eigenvalue weighted by atomic mass is 9.77. The number of hydrogen-bond acceptors (Lipinski definition) is 8. The lowest BCUT2D eigenvalue weighted by Crippen LogP contribution is -2.47. The maximum absolute atomic E-state index is 12.7. The third-order valence-electron chi connectivity index (χ3n) is 7.45. The van der Waals surface area contributed by atoms with Crippen LogP contribution in [0, 0.1) is 23.2 Å². The SMILES string of the molecule is CNC(=O)[C@]1(C)C(O)C(O)[C@H](n2cnc3c(NCc4cccc(Cl)c4)nc(C#CCCCC(=O)O)nc32)C1C. The number of carbonyl (C=O) groups is 2. The number of amides is 1. The van der Waals surface area contributed by atoms with E-state index in [0.29, 0.717) is 41.4 Å². The maximum Gasteiger partial charge on any atom is 0.303 e. The van der Waals surface area contributed by atoms with E-state index < -0.39 is 35.6 Å². The Morgan fingerprint density at radius 2 is 2.03 bits per heavy atom. The first-order valence-electron chi connectivity index (χ1n) is 12.6. The molecular weight excluding hydrogens is 524 g/mol. The molecule has 5 N–H and O–H groups in total. The van der Waals surface area contributed by atoms with Gasteiger partial charge in [0.15, 0.2) is 17.0 Å². The number of aliphatic hydroxyl groups is 2. The Bertz CT molecular complexity index is 1450. The number of aliphatic carboxylic acids is 1. The van der Waals surface area contributed by atoms with Crippen LogP contribution in [-0.2, 0) is 16.1 Å². The Balaban J connectivity index is 1.74. The molecule has 5 atom stereocenters. The van der Waals surface area contributed by atoms with Crippen molar-refractivity contribution in [2.24, 2.45) is 11.3 Å². The van der Waals surface area contributed by atoms with Crippen molar-refractivity contribution in [3.8, 4) is 11.8 Å². The zero-order chi connectivity index (χ0) is 28.3. The number of aromatic nitrogens is 4. The van der Waals surface area contributed by atoms with Crippen molar-refractivity contribution in [1.82, 2.24) is 24.8 Å². The first kappa shape index (κ1) is 28.3. The number of hydrogen-bond donors (Lipinski definition) is 5. The van der Waals surface area contributed by atoms with E-state index in [4.69, 9.17) is 16.7 Å². The third-order valence-corrected chi connectivity index (χ3v) is 7.68. The summed E-state index contributed by atoms with van der Waals surface area (Å²) in [5, 5.41) is 37.3. The molecule has 206 valence electrons.